The van der Waals surface area contributed by atoms with Crippen LogP contribution >= 0.6 is 0 Å². The topological polar surface area (TPSA) is 110 Å². The number of methoxy groups -OCH3 is 1. The van der Waals surface area contributed by atoms with Crippen molar-refractivity contribution in [2.75, 3.05) is 7.11 Å². The van der Waals surface area contributed by atoms with Gasteiger partial charge in [-0.3, -0.25) is 14.5 Å². The maximum Gasteiger partial charge on any atom is 0.343 e. The molecule has 3 aromatic rings. The van der Waals surface area contributed by atoms with Crippen LogP contribution in [0.3, 0.4) is 0 Å². The van der Waals surface area contributed by atoms with Gasteiger partial charge in [-0.15, -0.1) is 0 Å². The van der Waals surface area contributed by atoms with Crippen LogP contribution in [0.25, 0.3) is 0 Å². The van der Waals surface area contributed by atoms with E-state index < -0.39 is 17.8 Å². The van der Waals surface area contributed by atoms with Gasteiger partial charge in [0.25, 0.3) is 11.8 Å². The van der Waals surface area contributed by atoms with E-state index in [9.17, 15) is 14.4 Å². The molecule has 8 heteroatoms. The van der Waals surface area contributed by atoms with Crippen LogP contribution in [0.4, 0.5) is 0 Å². The van der Waals surface area contributed by atoms with Gasteiger partial charge in [-0.05, 0) is 42.5 Å². The van der Waals surface area contributed by atoms with E-state index >= 15 is 0 Å². The van der Waals surface area contributed by atoms with Crippen LogP contribution in [-0.2, 0) is 6.54 Å². The molecule has 0 bridgehead atoms. The number of esters is 1. The number of imide groups is 1. The van der Waals surface area contributed by atoms with Gasteiger partial charge in [-0.1, -0.05) is 0 Å². The monoisotopic (exact) mass is 402 g/mol. The van der Waals surface area contributed by atoms with Gasteiger partial charge in [-0.25, -0.2) is 4.79 Å². The van der Waals surface area contributed by atoms with E-state index in [4.69, 9.17) is 19.2 Å². The Morgan fingerprint density at radius 1 is 1.07 bits per heavy atom. The number of carbonyl (C=O) groups excluding carboxylic acids is 3. The van der Waals surface area contributed by atoms with Crippen LogP contribution in [0.15, 0.2) is 59.2 Å². The number of hydrogen-bond acceptors (Lipinski definition) is 7. The molecule has 2 amide bonds. The molecule has 4 rings (SSSR count). The van der Waals surface area contributed by atoms with Crippen LogP contribution < -0.4 is 9.47 Å². The molecule has 1 aliphatic rings. The third-order valence-corrected chi connectivity index (χ3v) is 4.60. The van der Waals surface area contributed by atoms with Gasteiger partial charge in [-0.2, -0.15) is 5.26 Å². The number of ether oxygens (including phenoxy) is 2. The molecule has 8 nitrogen and oxygen atoms in total. The second-order valence-corrected chi connectivity index (χ2v) is 6.40. The Morgan fingerprint density at radius 3 is 2.57 bits per heavy atom. The molecule has 0 atom stereocenters. The largest absolute Gasteiger partial charge is 0.493 e. The van der Waals surface area contributed by atoms with Gasteiger partial charge >= 0.3 is 5.97 Å². The molecule has 0 aliphatic carbocycles. The van der Waals surface area contributed by atoms with Crippen molar-refractivity contribution in [3.05, 3.63) is 82.8 Å². The van der Waals surface area contributed by atoms with E-state index in [1.54, 1.807) is 12.1 Å². The maximum absolute atomic E-state index is 12.7. The highest BCUT2D eigenvalue weighted by atomic mass is 16.6. The fraction of sp³-hybridized carbons (Fsp3) is 0.0909. The van der Waals surface area contributed by atoms with Crippen LogP contribution in [0.5, 0.6) is 11.5 Å². The lowest BCUT2D eigenvalue weighted by atomic mass is 10.1. The lowest BCUT2D eigenvalue weighted by Gasteiger charge is -2.11. The van der Waals surface area contributed by atoms with Gasteiger partial charge in [0, 0.05) is 6.07 Å². The summed E-state index contributed by atoms with van der Waals surface area (Å²) in [6.07, 6.45) is 1.46. The van der Waals surface area contributed by atoms with Crippen molar-refractivity contribution in [2.24, 2.45) is 0 Å². The average Bonchev–Trinajstić information content (AvgIpc) is 3.36. The molecule has 2 aromatic carbocycles. The lowest BCUT2D eigenvalue weighted by molar-refractivity contribution is 0.0631. The van der Waals surface area contributed by atoms with Gasteiger partial charge in [0.15, 0.2) is 11.5 Å². The summed E-state index contributed by atoms with van der Waals surface area (Å²) in [5, 5.41) is 8.96. The number of furan rings is 1. The summed E-state index contributed by atoms with van der Waals surface area (Å²) in [5.41, 5.74) is 0.776. The zero-order chi connectivity index (χ0) is 21.3. The Labute approximate surface area is 170 Å². The molecule has 148 valence electrons. The Hall–Kier alpha value is -4.38. The van der Waals surface area contributed by atoms with Gasteiger partial charge < -0.3 is 13.9 Å². The molecule has 2 heterocycles. The number of benzene rings is 2. The summed E-state index contributed by atoms with van der Waals surface area (Å²) in [6, 6.07) is 13.8. The van der Waals surface area contributed by atoms with Crippen molar-refractivity contribution in [3.8, 4) is 17.6 Å². The maximum atomic E-state index is 12.7. The number of hydrogen-bond donors (Lipinski definition) is 0. The van der Waals surface area contributed by atoms with Gasteiger partial charge in [0.05, 0.1) is 48.2 Å². The van der Waals surface area contributed by atoms with E-state index in [1.165, 1.54) is 49.8 Å². The van der Waals surface area contributed by atoms with E-state index in [0.29, 0.717) is 11.3 Å². The Kier molecular flexibility index (Phi) is 4.78. The standard InChI is InChI=1S/C22H14N2O6/c1-28-19-9-13(11-23)4-7-18(19)30-22(27)14-5-6-16-17(10-14)21(26)24(20(16)25)12-15-3-2-8-29-15/h2-10H,12H2,1H3. The average molecular weight is 402 g/mol. The molecular formula is C22H14N2O6. The number of rotatable bonds is 5. The molecular weight excluding hydrogens is 388 g/mol. The number of nitrogens with zero attached hydrogens (tertiary/aromatic N) is 2. The van der Waals surface area contributed by atoms with Crippen molar-refractivity contribution in [3.63, 3.8) is 0 Å². The molecule has 1 aliphatic heterocycles. The molecule has 0 spiro atoms. The summed E-state index contributed by atoms with van der Waals surface area (Å²) < 4.78 is 15.7. The van der Waals surface area contributed by atoms with E-state index in [-0.39, 0.29) is 34.7 Å². The molecule has 0 unspecified atom stereocenters. The first kappa shape index (κ1) is 19.0. The zero-order valence-electron chi connectivity index (χ0n) is 15.7. The van der Waals surface area contributed by atoms with Crippen LogP contribution in [-0.4, -0.2) is 29.8 Å². The van der Waals surface area contributed by atoms with Crippen molar-refractivity contribution >= 4 is 17.8 Å². The van der Waals surface area contributed by atoms with Crippen LogP contribution in [0.2, 0.25) is 0 Å². The van der Waals surface area contributed by atoms with E-state index in [0.717, 1.165) is 4.90 Å². The predicted octanol–water partition coefficient (Wildman–Crippen LogP) is 3.18. The zero-order valence-corrected chi connectivity index (χ0v) is 15.7. The van der Waals surface area contributed by atoms with Crippen molar-refractivity contribution in [1.29, 1.82) is 5.26 Å². The highest BCUT2D eigenvalue weighted by Gasteiger charge is 2.36. The van der Waals surface area contributed by atoms with Gasteiger partial charge in [0.2, 0.25) is 0 Å². The quantitative estimate of drug-likeness (QED) is 0.366. The third-order valence-electron chi connectivity index (χ3n) is 4.60. The smallest absolute Gasteiger partial charge is 0.343 e. The highest BCUT2D eigenvalue weighted by Crippen LogP contribution is 2.30. The number of nitriles is 1. The minimum atomic E-state index is -0.731. The first-order valence-corrected chi connectivity index (χ1v) is 8.84. The molecule has 0 N–H and O–H groups in total. The molecule has 0 saturated heterocycles. The van der Waals surface area contributed by atoms with Crippen molar-refractivity contribution < 1.29 is 28.3 Å². The number of carbonyl (C=O) groups is 3. The Morgan fingerprint density at radius 2 is 1.87 bits per heavy atom. The Balaban J connectivity index is 1.58. The molecule has 0 radical (unpaired) electrons. The number of amides is 2. The minimum absolute atomic E-state index is 0.00155. The first-order valence-electron chi connectivity index (χ1n) is 8.84. The lowest BCUT2D eigenvalue weighted by Crippen LogP contribution is -2.28. The van der Waals surface area contributed by atoms with Crippen molar-refractivity contribution in [1.82, 2.24) is 4.90 Å². The van der Waals surface area contributed by atoms with Crippen molar-refractivity contribution in [2.45, 2.75) is 6.54 Å². The van der Waals surface area contributed by atoms with Crippen LogP contribution in [0, 0.1) is 11.3 Å². The second kappa shape index (κ2) is 7.56. The number of fused-ring (bicyclic) bond motifs is 1. The predicted molar refractivity (Wildman–Crippen MR) is 102 cm³/mol. The molecule has 0 saturated carbocycles. The fourth-order valence-corrected chi connectivity index (χ4v) is 3.10. The summed E-state index contributed by atoms with van der Waals surface area (Å²) >= 11 is 0. The molecule has 1 aromatic heterocycles. The van der Waals surface area contributed by atoms with Crippen LogP contribution in [0.1, 0.15) is 42.4 Å². The van der Waals surface area contributed by atoms with E-state index in [2.05, 4.69) is 0 Å². The summed E-state index contributed by atoms with van der Waals surface area (Å²) in [6.45, 7) is 0.00155. The highest BCUT2D eigenvalue weighted by molar-refractivity contribution is 6.21. The van der Waals surface area contributed by atoms with Gasteiger partial charge in [0.1, 0.15) is 5.76 Å². The molecule has 0 fully saturated rings. The van der Waals surface area contributed by atoms with E-state index in [1.807, 2.05) is 6.07 Å². The normalized spacial score (nSPS) is 12.5. The summed E-state index contributed by atoms with van der Waals surface area (Å²) in [5.74, 6) is -0.886. The SMILES string of the molecule is COc1cc(C#N)ccc1OC(=O)c1ccc2c(c1)C(=O)N(Cc1ccco1)C2=O. The summed E-state index contributed by atoms with van der Waals surface area (Å²) in [7, 11) is 1.39. The fourth-order valence-electron chi connectivity index (χ4n) is 3.10. The molecule has 30 heavy (non-hydrogen) atoms. The Bertz CT molecular complexity index is 1210. The third kappa shape index (κ3) is 3.29. The minimum Gasteiger partial charge on any atom is -0.493 e. The first-order chi connectivity index (χ1) is 14.5. The second-order valence-electron chi connectivity index (χ2n) is 6.40. The summed E-state index contributed by atoms with van der Waals surface area (Å²) in [4.78, 5) is 38.9.